The van der Waals surface area contributed by atoms with E-state index in [1.54, 1.807) is 10.9 Å². The first-order valence-electron chi connectivity index (χ1n) is 9.38. The van der Waals surface area contributed by atoms with Crippen molar-refractivity contribution in [1.82, 2.24) is 15.1 Å². The first-order chi connectivity index (χ1) is 12.6. The summed E-state index contributed by atoms with van der Waals surface area (Å²) in [6.45, 7) is 4.91. The second-order valence-corrected chi connectivity index (χ2v) is 7.51. The third-order valence-electron chi connectivity index (χ3n) is 5.50. The monoisotopic (exact) mass is 347 g/mol. The van der Waals surface area contributed by atoms with Crippen LogP contribution in [-0.2, 0) is 6.54 Å². The molecule has 1 aliphatic rings. The molecule has 4 rings (SSSR count). The van der Waals surface area contributed by atoms with Crippen LogP contribution < -0.4 is 10.9 Å². The van der Waals surface area contributed by atoms with Crippen LogP contribution in [0.4, 0.5) is 0 Å². The second kappa shape index (κ2) is 7.04. The summed E-state index contributed by atoms with van der Waals surface area (Å²) in [6, 6.07) is 17.0. The van der Waals surface area contributed by atoms with E-state index in [0.29, 0.717) is 18.5 Å². The quantitative estimate of drug-likeness (QED) is 0.767. The van der Waals surface area contributed by atoms with Crippen molar-refractivity contribution in [2.45, 2.75) is 51.2 Å². The first-order valence-corrected chi connectivity index (χ1v) is 9.38. The summed E-state index contributed by atoms with van der Waals surface area (Å²) in [5.41, 5.74) is 2.85. The summed E-state index contributed by atoms with van der Waals surface area (Å²) in [5, 5.41) is 9.63. The van der Waals surface area contributed by atoms with Gasteiger partial charge in [0.1, 0.15) is 0 Å². The van der Waals surface area contributed by atoms with Crippen LogP contribution >= 0.6 is 0 Å². The molecule has 1 heterocycles. The number of nitrogens with one attached hydrogen (secondary N) is 1. The summed E-state index contributed by atoms with van der Waals surface area (Å²) in [6.07, 6.45) is 4.10. The zero-order valence-corrected chi connectivity index (χ0v) is 15.4. The largest absolute Gasteiger partial charge is 0.310 e. The Balaban J connectivity index is 1.37. The van der Waals surface area contributed by atoms with Gasteiger partial charge in [0.2, 0.25) is 0 Å². The maximum Gasteiger partial charge on any atom is 0.274 e. The third-order valence-corrected chi connectivity index (χ3v) is 5.50. The van der Waals surface area contributed by atoms with E-state index in [1.165, 1.54) is 11.1 Å². The summed E-state index contributed by atoms with van der Waals surface area (Å²) in [4.78, 5) is 12.6. The smallest absolute Gasteiger partial charge is 0.274 e. The lowest BCUT2D eigenvalue weighted by Gasteiger charge is -2.38. The van der Waals surface area contributed by atoms with Crippen molar-refractivity contribution in [3.63, 3.8) is 0 Å². The molecule has 1 aliphatic carbocycles. The highest BCUT2D eigenvalue weighted by Crippen LogP contribution is 2.38. The lowest BCUT2D eigenvalue weighted by atomic mass is 9.74. The fourth-order valence-corrected chi connectivity index (χ4v) is 4.02. The maximum atomic E-state index is 12.6. The molecule has 1 fully saturated rings. The lowest BCUT2D eigenvalue weighted by molar-refractivity contribution is 0.256. The molecule has 1 saturated carbocycles. The van der Waals surface area contributed by atoms with Crippen LogP contribution in [0.25, 0.3) is 10.8 Å². The minimum absolute atomic E-state index is 0.0110. The molecule has 4 nitrogen and oxygen atoms in total. The molecule has 0 aliphatic heterocycles. The van der Waals surface area contributed by atoms with Crippen molar-refractivity contribution in [1.29, 1.82) is 0 Å². The summed E-state index contributed by atoms with van der Waals surface area (Å²) < 4.78 is 1.58. The standard InChI is InChI=1S/C22H25N3O/c1-15-7-3-5-9-20(15)18-11-19(12-18)24-16(2)14-25-22(26)21-10-6-4-8-17(21)13-23-25/h3-10,13,16,18-19,24H,11-12,14H2,1-2H3/t16-,18?,19?/m0/s1. The Morgan fingerprint density at radius 1 is 1.15 bits per heavy atom. The lowest BCUT2D eigenvalue weighted by Crippen LogP contribution is -2.47. The Hall–Kier alpha value is -2.46. The van der Waals surface area contributed by atoms with Crippen molar-refractivity contribution in [2.75, 3.05) is 0 Å². The Bertz CT molecular complexity index is 972. The van der Waals surface area contributed by atoms with Gasteiger partial charge in [-0.1, -0.05) is 42.5 Å². The molecule has 1 aromatic heterocycles. The van der Waals surface area contributed by atoms with Gasteiger partial charge in [-0.25, -0.2) is 4.68 Å². The van der Waals surface area contributed by atoms with E-state index in [-0.39, 0.29) is 11.6 Å². The number of aryl methyl sites for hydroxylation is 1. The molecule has 0 spiro atoms. The zero-order valence-electron chi connectivity index (χ0n) is 15.4. The average molecular weight is 347 g/mol. The van der Waals surface area contributed by atoms with Crippen molar-refractivity contribution in [3.05, 3.63) is 76.2 Å². The van der Waals surface area contributed by atoms with E-state index in [9.17, 15) is 4.79 Å². The van der Waals surface area contributed by atoms with Crippen LogP contribution in [0.5, 0.6) is 0 Å². The van der Waals surface area contributed by atoms with Crippen molar-refractivity contribution in [2.24, 2.45) is 0 Å². The SMILES string of the molecule is Cc1ccccc1C1CC(N[C@@H](C)Cn2ncc3ccccc3c2=O)C1. The predicted molar refractivity (Wildman–Crippen MR) is 106 cm³/mol. The van der Waals surface area contributed by atoms with Gasteiger partial charge in [-0.2, -0.15) is 5.10 Å². The van der Waals surface area contributed by atoms with E-state index < -0.39 is 0 Å². The number of benzene rings is 2. The van der Waals surface area contributed by atoms with Gasteiger partial charge >= 0.3 is 0 Å². The Labute approximate surface area is 153 Å². The summed E-state index contributed by atoms with van der Waals surface area (Å²) >= 11 is 0. The number of rotatable bonds is 5. The van der Waals surface area contributed by atoms with Gasteiger partial charge in [0, 0.05) is 17.5 Å². The minimum atomic E-state index is -0.0110. The van der Waals surface area contributed by atoms with Gasteiger partial charge < -0.3 is 5.32 Å². The fraction of sp³-hybridized carbons (Fsp3) is 0.364. The number of hydrogen-bond donors (Lipinski definition) is 1. The van der Waals surface area contributed by atoms with Gasteiger partial charge in [-0.05, 0) is 49.8 Å². The minimum Gasteiger partial charge on any atom is -0.310 e. The van der Waals surface area contributed by atoms with E-state index in [0.717, 1.165) is 23.6 Å². The Kier molecular flexibility index (Phi) is 4.60. The van der Waals surface area contributed by atoms with Gasteiger partial charge in [0.15, 0.2) is 0 Å². The average Bonchev–Trinajstić information content (AvgIpc) is 2.61. The van der Waals surface area contributed by atoms with E-state index in [1.807, 2.05) is 24.3 Å². The zero-order chi connectivity index (χ0) is 18.1. The van der Waals surface area contributed by atoms with Crippen molar-refractivity contribution < 1.29 is 0 Å². The molecule has 3 aromatic rings. The van der Waals surface area contributed by atoms with Crippen molar-refractivity contribution >= 4 is 10.8 Å². The second-order valence-electron chi connectivity index (χ2n) is 7.51. The van der Waals surface area contributed by atoms with Gasteiger partial charge in [-0.3, -0.25) is 4.79 Å². The van der Waals surface area contributed by atoms with Gasteiger partial charge in [-0.15, -0.1) is 0 Å². The molecular formula is C22H25N3O. The molecule has 0 radical (unpaired) electrons. The van der Waals surface area contributed by atoms with Crippen LogP contribution in [0.3, 0.4) is 0 Å². The number of aromatic nitrogens is 2. The normalized spacial score (nSPS) is 20.7. The van der Waals surface area contributed by atoms with Gasteiger partial charge in [0.05, 0.1) is 18.1 Å². The van der Waals surface area contributed by atoms with E-state index in [4.69, 9.17) is 0 Å². The highest BCUT2D eigenvalue weighted by atomic mass is 16.1. The molecule has 134 valence electrons. The number of nitrogens with zero attached hydrogens (tertiary/aromatic N) is 2. The highest BCUT2D eigenvalue weighted by Gasteiger charge is 2.31. The highest BCUT2D eigenvalue weighted by molar-refractivity contribution is 5.80. The van der Waals surface area contributed by atoms with Crippen LogP contribution in [0, 0.1) is 6.92 Å². The third kappa shape index (κ3) is 3.29. The molecule has 2 aromatic carbocycles. The first kappa shape index (κ1) is 17.0. The van der Waals surface area contributed by atoms with Crippen LogP contribution in [-0.4, -0.2) is 21.9 Å². The molecule has 0 bridgehead atoms. The molecule has 26 heavy (non-hydrogen) atoms. The molecule has 1 N–H and O–H groups in total. The molecule has 1 atom stereocenters. The number of fused-ring (bicyclic) bond motifs is 1. The molecular weight excluding hydrogens is 322 g/mol. The predicted octanol–water partition coefficient (Wildman–Crippen LogP) is 3.63. The molecule has 0 unspecified atom stereocenters. The molecule has 0 saturated heterocycles. The molecule has 4 heteroatoms. The van der Waals surface area contributed by atoms with Crippen LogP contribution in [0.15, 0.2) is 59.5 Å². The van der Waals surface area contributed by atoms with Gasteiger partial charge in [0.25, 0.3) is 5.56 Å². The van der Waals surface area contributed by atoms with Crippen LogP contribution in [0.1, 0.15) is 36.8 Å². The van der Waals surface area contributed by atoms with Crippen molar-refractivity contribution in [3.8, 4) is 0 Å². The van der Waals surface area contributed by atoms with Crippen LogP contribution in [0.2, 0.25) is 0 Å². The summed E-state index contributed by atoms with van der Waals surface area (Å²) in [7, 11) is 0. The maximum absolute atomic E-state index is 12.6. The topological polar surface area (TPSA) is 46.9 Å². The number of hydrogen-bond acceptors (Lipinski definition) is 3. The fourth-order valence-electron chi connectivity index (χ4n) is 4.02. The van der Waals surface area contributed by atoms with E-state index in [2.05, 4.69) is 48.5 Å². The molecule has 0 amide bonds. The summed E-state index contributed by atoms with van der Waals surface area (Å²) in [5.74, 6) is 0.655. The van der Waals surface area contributed by atoms with E-state index >= 15 is 0 Å². The Morgan fingerprint density at radius 2 is 1.88 bits per heavy atom. The Morgan fingerprint density at radius 3 is 2.69 bits per heavy atom.